The van der Waals surface area contributed by atoms with Crippen molar-refractivity contribution in [3.8, 4) is 0 Å². The van der Waals surface area contributed by atoms with Crippen molar-refractivity contribution < 1.29 is 117 Å². The molecule has 0 fully saturated rings. The van der Waals surface area contributed by atoms with Gasteiger partial charge in [0.15, 0.2) is 5.60 Å². The number of aliphatic hydroxyl groups is 1. The van der Waals surface area contributed by atoms with Crippen LogP contribution in [0.1, 0.15) is 36.4 Å². The van der Waals surface area contributed by atoms with Gasteiger partial charge in [-0.05, 0) is 24.3 Å². The number of hydrogen-bond acceptors (Lipinski definition) is 6. The van der Waals surface area contributed by atoms with Crippen molar-refractivity contribution in [2.24, 2.45) is 0 Å². The molecule has 0 amide bonds. The van der Waals surface area contributed by atoms with E-state index in [1.165, 1.54) is 24.3 Å². The van der Waals surface area contributed by atoms with Crippen molar-refractivity contribution in [3.05, 3.63) is 35.4 Å². The molecule has 0 saturated heterocycles. The van der Waals surface area contributed by atoms with Crippen LogP contribution in [0.5, 0.6) is 0 Å². The molecule has 0 unspecified atom stereocenters. The van der Waals surface area contributed by atoms with E-state index in [2.05, 4.69) is 0 Å². The van der Waals surface area contributed by atoms with Crippen LogP contribution in [0.15, 0.2) is 24.3 Å². The quantitative estimate of drug-likeness (QED) is 0.235. The second-order valence-corrected chi connectivity index (χ2v) is 4.67. The summed E-state index contributed by atoms with van der Waals surface area (Å²) in [4.78, 5) is 51.2. The second kappa shape index (κ2) is 13.7. The maximum Gasteiger partial charge on any atom is 1.00 e. The first-order valence-electron chi connectivity index (χ1n) is 6.35. The number of carboxylic acids is 5. The molecule has 1 rings (SSSR count). The topological polar surface area (TPSA) is 207 Å². The molecule has 0 aromatic heterocycles. The summed E-state index contributed by atoms with van der Waals surface area (Å²) in [6.07, 6.45) is -2.29. The van der Waals surface area contributed by atoms with Crippen LogP contribution in [-0.4, -0.2) is 66.1 Å². The Balaban J connectivity index is -0.000000116. The van der Waals surface area contributed by atoms with Gasteiger partial charge in [-0.3, -0.25) is 9.59 Å². The first-order valence-corrected chi connectivity index (χ1v) is 6.35. The summed E-state index contributed by atoms with van der Waals surface area (Å²) in [5.74, 6) is -7.14. The fourth-order valence-corrected chi connectivity index (χ4v) is 1.47. The molecular weight excluding hydrogens is 390 g/mol. The molecule has 0 heterocycles. The fraction of sp³-hybridized carbons (Fsp3) is 0.214. The molecule has 0 aliphatic rings. The van der Waals surface area contributed by atoms with Gasteiger partial charge in [-0.2, -0.15) is 0 Å². The van der Waals surface area contributed by atoms with Crippen LogP contribution >= 0.6 is 0 Å². The summed E-state index contributed by atoms with van der Waals surface area (Å²) in [6.45, 7) is 0. The zero-order valence-electron chi connectivity index (χ0n) is 16.4. The maximum absolute atomic E-state index is 10.3. The standard InChI is InChI=1S/C8H6O4.C6H8O7.2Na.2H/c9-7(10)5-1-2-6(4-3-5)8(11)12;7-3(8)1-6(13,5(11)12)2-4(9)10;;;;/h1-4H,(H,9,10)(H,11,12);13H,1-2H2,(H,7,8)(H,9,10)(H,11,12);;;;/q;;2*+1;2*-1. The van der Waals surface area contributed by atoms with Crippen LogP contribution in [0, 0.1) is 0 Å². The number of benzene rings is 1. The predicted molar refractivity (Wildman–Crippen MR) is 79.7 cm³/mol. The van der Waals surface area contributed by atoms with Gasteiger partial charge < -0.3 is 33.5 Å². The monoisotopic (exact) mass is 406 g/mol. The third kappa shape index (κ3) is 11.8. The summed E-state index contributed by atoms with van der Waals surface area (Å²) in [5, 5.41) is 50.7. The van der Waals surface area contributed by atoms with E-state index >= 15 is 0 Å². The van der Waals surface area contributed by atoms with Crippen LogP contribution in [-0.2, 0) is 14.4 Å². The van der Waals surface area contributed by atoms with Crippen molar-refractivity contribution in [2.45, 2.75) is 18.4 Å². The Bertz CT molecular complexity index is 646. The van der Waals surface area contributed by atoms with Crippen LogP contribution in [0.4, 0.5) is 0 Å². The summed E-state index contributed by atoms with van der Waals surface area (Å²) in [5.41, 5.74) is -2.57. The van der Waals surface area contributed by atoms with Crippen LogP contribution in [0.2, 0.25) is 0 Å². The van der Waals surface area contributed by atoms with Crippen molar-refractivity contribution in [1.82, 2.24) is 0 Å². The number of aliphatic carboxylic acids is 3. The van der Waals surface area contributed by atoms with Crippen molar-refractivity contribution in [3.63, 3.8) is 0 Å². The first kappa shape index (κ1) is 30.3. The molecule has 0 bridgehead atoms. The number of carboxylic acid groups (broad SMARTS) is 5. The van der Waals surface area contributed by atoms with Gasteiger partial charge in [0.25, 0.3) is 0 Å². The van der Waals surface area contributed by atoms with Gasteiger partial charge in [0.2, 0.25) is 0 Å². The smallest absolute Gasteiger partial charge is 1.00 e. The Kier molecular flexibility index (Phi) is 15.3. The Morgan fingerprint density at radius 2 is 0.963 bits per heavy atom. The predicted octanol–water partition coefficient (Wildman–Crippen LogP) is -5.93. The van der Waals surface area contributed by atoms with Gasteiger partial charge in [-0.25, -0.2) is 14.4 Å². The Labute approximate surface area is 199 Å². The number of carbonyl (C=O) groups is 5. The third-order valence-corrected chi connectivity index (χ3v) is 2.66. The maximum atomic E-state index is 10.3. The molecule has 1 aromatic carbocycles. The van der Waals surface area contributed by atoms with Gasteiger partial charge in [0.1, 0.15) is 0 Å². The van der Waals surface area contributed by atoms with E-state index in [1.54, 1.807) is 0 Å². The normalized spacial score (nSPS) is 9.37. The van der Waals surface area contributed by atoms with Crippen molar-refractivity contribution >= 4 is 29.8 Å². The molecule has 6 N–H and O–H groups in total. The molecule has 1 aromatic rings. The Morgan fingerprint density at radius 3 is 1.11 bits per heavy atom. The molecule has 11 nitrogen and oxygen atoms in total. The average molecular weight is 406 g/mol. The molecule has 0 aliphatic heterocycles. The van der Waals surface area contributed by atoms with Gasteiger partial charge in [-0.15, -0.1) is 0 Å². The SMILES string of the molecule is O=C(O)CC(O)(CC(=O)O)C(=O)O.O=C(O)c1ccc(C(=O)O)cc1.[H-].[H-].[Na+].[Na+]. The molecule has 0 spiro atoms. The summed E-state index contributed by atoms with van der Waals surface area (Å²) in [7, 11) is 0. The fourth-order valence-electron chi connectivity index (χ4n) is 1.47. The van der Waals surface area contributed by atoms with E-state index in [0.717, 1.165) is 0 Å². The van der Waals surface area contributed by atoms with E-state index in [-0.39, 0.29) is 73.1 Å². The largest absolute Gasteiger partial charge is 1.00 e. The van der Waals surface area contributed by atoms with E-state index < -0.39 is 48.3 Å². The summed E-state index contributed by atoms with van der Waals surface area (Å²) in [6, 6.07) is 5.02. The molecule has 0 radical (unpaired) electrons. The van der Waals surface area contributed by atoms with Gasteiger partial charge in [0.05, 0.1) is 24.0 Å². The van der Waals surface area contributed by atoms with E-state index in [1.807, 2.05) is 0 Å². The Hall–Kier alpha value is -1.47. The van der Waals surface area contributed by atoms with E-state index in [0.29, 0.717) is 0 Å². The minimum Gasteiger partial charge on any atom is -1.00 e. The summed E-state index contributed by atoms with van der Waals surface area (Å²) >= 11 is 0. The van der Waals surface area contributed by atoms with Crippen molar-refractivity contribution in [1.29, 1.82) is 0 Å². The molecule has 140 valence electrons. The second-order valence-electron chi connectivity index (χ2n) is 4.67. The van der Waals surface area contributed by atoms with Crippen LogP contribution < -0.4 is 59.1 Å². The number of rotatable bonds is 7. The van der Waals surface area contributed by atoms with Crippen LogP contribution in [0.25, 0.3) is 0 Å². The van der Waals surface area contributed by atoms with Crippen molar-refractivity contribution in [2.75, 3.05) is 0 Å². The van der Waals surface area contributed by atoms with E-state index in [4.69, 9.17) is 30.6 Å². The zero-order chi connectivity index (χ0) is 19.8. The van der Waals surface area contributed by atoms with Gasteiger partial charge in [-0.1, -0.05) is 0 Å². The van der Waals surface area contributed by atoms with E-state index in [9.17, 15) is 24.0 Å². The number of hydrogen-bond donors (Lipinski definition) is 6. The molecule has 0 aliphatic carbocycles. The molecule has 27 heavy (non-hydrogen) atoms. The average Bonchev–Trinajstić information content (AvgIpc) is 2.46. The summed E-state index contributed by atoms with van der Waals surface area (Å²) < 4.78 is 0. The first-order chi connectivity index (χ1) is 11.4. The molecule has 13 heteroatoms. The minimum atomic E-state index is -2.74. The van der Waals surface area contributed by atoms with Gasteiger partial charge in [0, 0.05) is 0 Å². The van der Waals surface area contributed by atoms with Gasteiger partial charge >= 0.3 is 89.0 Å². The minimum absolute atomic E-state index is 0. The molecule has 0 saturated carbocycles. The third-order valence-electron chi connectivity index (χ3n) is 2.66. The molecular formula is C14H16Na2O11. The van der Waals surface area contributed by atoms with Crippen LogP contribution in [0.3, 0.4) is 0 Å². The molecule has 0 atom stereocenters. The zero-order valence-corrected chi connectivity index (χ0v) is 18.4. The number of aromatic carboxylic acids is 2. The Morgan fingerprint density at radius 1 is 0.704 bits per heavy atom.